The number of carbonyl (C=O) groups is 2. The van der Waals surface area contributed by atoms with Gasteiger partial charge in [-0.3, -0.25) is 14.6 Å². The number of benzene rings is 1. The van der Waals surface area contributed by atoms with E-state index >= 15 is 0 Å². The quantitative estimate of drug-likeness (QED) is 0.681. The number of anilines is 2. The second-order valence-corrected chi connectivity index (χ2v) is 6.48. The van der Waals surface area contributed by atoms with E-state index in [4.69, 9.17) is 9.84 Å². The van der Waals surface area contributed by atoms with Crippen LogP contribution < -0.4 is 15.8 Å². The topological polar surface area (TPSA) is 125 Å². The zero-order valence-electron chi connectivity index (χ0n) is 15.5. The molecule has 1 aromatic carbocycles. The maximum atomic E-state index is 12.4. The zero-order valence-corrected chi connectivity index (χ0v) is 15.5. The molecule has 2 aromatic rings. The number of amides is 1. The number of carbonyl (C=O) groups excluding carboxylic acids is 1. The molecule has 0 bridgehead atoms. The number of morpholine rings is 1. The molecule has 3 N–H and O–H groups in total. The summed E-state index contributed by atoms with van der Waals surface area (Å²) in [6.45, 7) is 4.29. The lowest BCUT2D eigenvalue weighted by Gasteiger charge is -2.27. The standard InChI is InChI=1S/C19H22N4O5/c1-12-15(17(25)22-19(20-12)23-8-10-28-11-9-23)6-7-16(24)21-14-4-2-13(3-5-14)18(26)27/h2-5H,6-11H2,1H3,(H,21,24)(H,26,27)(H,20,22,25). The van der Waals surface area contributed by atoms with E-state index < -0.39 is 5.97 Å². The van der Waals surface area contributed by atoms with Crippen LogP contribution in [-0.4, -0.2) is 53.3 Å². The first kappa shape index (κ1) is 19.6. The molecule has 0 unspecified atom stereocenters. The number of aromatic nitrogens is 2. The fourth-order valence-corrected chi connectivity index (χ4v) is 2.97. The molecule has 1 aliphatic heterocycles. The lowest BCUT2D eigenvalue weighted by atomic mass is 10.1. The van der Waals surface area contributed by atoms with Crippen LogP contribution in [0.25, 0.3) is 0 Å². The van der Waals surface area contributed by atoms with Crippen LogP contribution in [0.3, 0.4) is 0 Å². The van der Waals surface area contributed by atoms with E-state index in [-0.39, 0.29) is 29.9 Å². The molecule has 2 heterocycles. The van der Waals surface area contributed by atoms with E-state index in [0.29, 0.717) is 49.2 Å². The Labute approximate surface area is 161 Å². The molecule has 0 saturated carbocycles. The van der Waals surface area contributed by atoms with Crippen molar-refractivity contribution < 1.29 is 19.4 Å². The van der Waals surface area contributed by atoms with Crippen molar-refractivity contribution in [2.45, 2.75) is 19.8 Å². The van der Waals surface area contributed by atoms with E-state index in [1.54, 1.807) is 6.92 Å². The van der Waals surface area contributed by atoms with E-state index in [2.05, 4.69) is 15.3 Å². The minimum atomic E-state index is -1.03. The number of nitrogens with zero attached hydrogens (tertiary/aromatic N) is 2. The Balaban J connectivity index is 1.61. The number of nitrogens with one attached hydrogen (secondary N) is 2. The zero-order chi connectivity index (χ0) is 20.1. The van der Waals surface area contributed by atoms with Gasteiger partial charge in [0.25, 0.3) is 5.56 Å². The lowest BCUT2D eigenvalue weighted by Crippen LogP contribution is -2.38. The van der Waals surface area contributed by atoms with Crippen LogP contribution in [0, 0.1) is 6.92 Å². The molecule has 3 rings (SSSR count). The minimum absolute atomic E-state index is 0.114. The van der Waals surface area contributed by atoms with Gasteiger partial charge in [0, 0.05) is 36.5 Å². The van der Waals surface area contributed by atoms with Gasteiger partial charge in [-0.05, 0) is 37.6 Å². The van der Waals surface area contributed by atoms with Crippen molar-refractivity contribution in [2.75, 3.05) is 36.5 Å². The van der Waals surface area contributed by atoms with E-state index in [9.17, 15) is 14.4 Å². The normalized spacial score (nSPS) is 14.0. The van der Waals surface area contributed by atoms with Crippen molar-refractivity contribution in [1.29, 1.82) is 0 Å². The van der Waals surface area contributed by atoms with E-state index in [0.717, 1.165) is 0 Å². The fraction of sp³-hybridized carbons (Fsp3) is 0.368. The number of rotatable bonds is 6. The van der Waals surface area contributed by atoms with Crippen LogP contribution in [0.2, 0.25) is 0 Å². The van der Waals surface area contributed by atoms with Crippen LogP contribution in [0.1, 0.15) is 28.0 Å². The highest BCUT2D eigenvalue weighted by Gasteiger charge is 2.17. The number of aromatic carboxylic acids is 1. The molecule has 148 valence electrons. The molecule has 1 aliphatic rings. The number of hydrogen-bond acceptors (Lipinski definition) is 6. The van der Waals surface area contributed by atoms with Crippen molar-refractivity contribution >= 4 is 23.5 Å². The summed E-state index contributed by atoms with van der Waals surface area (Å²) >= 11 is 0. The highest BCUT2D eigenvalue weighted by molar-refractivity contribution is 5.92. The molecule has 0 spiro atoms. The second kappa shape index (κ2) is 8.66. The number of carboxylic acid groups (broad SMARTS) is 1. The molecule has 9 heteroatoms. The first-order chi connectivity index (χ1) is 13.4. The summed E-state index contributed by atoms with van der Waals surface area (Å²) in [6, 6.07) is 5.89. The molecule has 28 heavy (non-hydrogen) atoms. The molecule has 0 aliphatic carbocycles. The van der Waals surface area contributed by atoms with Gasteiger partial charge in [-0.1, -0.05) is 0 Å². The Morgan fingerprint density at radius 1 is 1.25 bits per heavy atom. The van der Waals surface area contributed by atoms with E-state index in [1.807, 2.05) is 4.90 Å². The molecule has 1 saturated heterocycles. The molecule has 9 nitrogen and oxygen atoms in total. The van der Waals surface area contributed by atoms with Gasteiger partial charge in [0.2, 0.25) is 11.9 Å². The highest BCUT2D eigenvalue weighted by atomic mass is 16.5. The SMILES string of the molecule is Cc1nc(N2CCOCC2)[nH]c(=O)c1CCC(=O)Nc1ccc(C(=O)O)cc1. The molecular formula is C19H22N4O5. The summed E-state index contributed by atoms with van der Waals surface area (Å²) in [5.41, 5.74) is 1.48. The van der Waals surface area contributed by atoms with Crippen molar-refractivity contribution in [1.82, 2.24) is 9.97 Å². The first-order valence-corrected chi connectivity index (χ1v) is 9.00. The molecular weight excluding hydrogens is 364 g/mol. The predicted octanol–water partition coefficient (Wildman–Crippen LogP) is 1.18. The number of hydrogen-bond donors (Lipinski definition) is 3. The Morgan fingerprint density at radius 2 is 1.93 bits per heavy atom. The second-order valence-electron chi connectivity index (χ2n) is 6.48. The number of aromatic amines is 1. The predicted molar refractivity (Wildman–Crippen MR) is 103 cm³/mol. The molecule has 1 aromatic heterocycles. The Hall–Kier alpha value is -3.20. The highest BCUT2D eigenvalue weighted by Crippen LogP contribution is 2.13. The van der Waals surface area contributed by atoms with Gasteiger partial charge in [-0.25, -0.2) is 9.78 Å². The summed E-state index contributed by atoms with van der Waals surface area (Å²) in [5.74, 6) is -0.766. The average molecular weight is 386 g/mol. The Morgan fingerprint density at radius 3 is 2.54 bits per heavy atom. The van der Waals surface area contributed by atoms with Gasteiger partial charge >= 0.3 is 5.97 Å². The summed E-state index contributed by atoms with van der Waals surface area (Å²) in [5, 5.41) is 11.6. The minimum Gasteiger partial charge on any atom is -0.478 e. The summed E-state index contributed by atoms with van der Waals surface area (Å²) < 4.78 is 5.30. The van der Waals surface area contributed by atoms with Crippen LogP contribution in [0.5, 0.6) is 0 Å². The first-order valence-electron chi connectivity index (χ1n) is 9.00. The van der Waals surface area contributed by atoms with Crippen LogP contribution in [-0.2, 0) is 16.0 Å². The largest absolute Gasteiger partial charge is 0.478 e. The van der Waals surface area contributed by atoms with Crippen molar-refractivity contribution in [3.8, 4) is 0 Å². The van der Waals surface area contributed by atoms with Crippen molar-refractivity contribution in [3.63, 3.8) is 0 Å². The molecule has 1 amide bonds. The number of carboxylic acids is 1. The monoisotopic (exact) mass is 386 g/mol. The lowest BCUT2D eigenvalue weighted by molar-refractivity contribution is -0.116. The third-order valence-corrected chi connectivity index (χ3v) is 4.54. The van der Waals surface area contributed by atoms with Gasteiger partial charge in [0.05, 0.1) is 18.8 Å². The third-order valence-electron chi connectivity index (χ3n) is 4.54. The summed E-state index contributed by atoms with van der Waals surface area (Å²) in [7, 11) is 0. The maximum Gasteiger partial charge on any atom is 0.335 e. The van der Waals surface area contributed by atoms with Gasteiger partial charge in [-0.15, -0.1) is 0 Å². The smallest absolute Gasteiger partial charge is 0.335 e. The van der Waals surface area contributed by atoms with Crippen LogP contribution >= 0.6 is 0 Å². The van der Waals surface area contributed by atoms with Gasteiger partial charge < -0.3 is 20.1 Å². The summed E-state index contributed by atoms with van der Waals surface area (Å²) in [6.07, 6.45) is 0.375. The maximum absolute atomic E-state index is 12.4. The fourth-order valence-electron chi connectivity index (χ4n) is 2.97. The molecule has 0 radical (unpaired) electrons. The number of ether oxygens (including phenoxy) is 1. The summed E-state index contributed by atoms with van der Waals surface area (Å²) in [4.78, 5) is 44.7. The Bertz CT molecular complexity index is 917. The Kier molecular flexibility index (Phi) is 6.05. The number of aryl methyl sites for hydroxylation is 1. The van der Waals surface area contributed by atoms with Gasteiger partial charge in [-0.2, -0.15) is 0 Å². The molecule has 1 fully saturated rings. The van der Waals surface area contributed by atoms with Crippen molar-refractivity contribution in [3.05, 3.63) is 51.4 Å². The van der Waals surface area contributed by atoms with Gasteiger partial charge in [0.1, 0.15) is 0 Å². The van der Waals surface area contributed by atoms with Crippen molar-refractivity contribution in [2.24, 2.45) is 0 Å². The third kappa shape index (κ3) is 4.74. The van der Waals surface area contributed by atoms with Crippen LogP contribution in [0.4, 0.5) is 11.6 Å². The average Bonchev–Trinajstić information content (AvgIpc) is 2.68. The van der Waals surface area contributed by atoms with E-state index in [1.165, 1.54) is 24.3 Å². The molecule has 0 atom stereocenters. The van der Waals surface area contributed by atoms with Crippen LogP contribution in [0.15, 0.2) is 29.1 Å². The van der Waals surface area contributed by atoms with Gasteiger partial charge in [0.15, 0.2) is 0 Å². The number of H-pyrrole nitrogens is 1.